The number of carbonyl (C=O) groups excluding carboxylic acids is 3. The number of rotatable bonds is 54. The van der Waals surface area contributed by atoms with Gasteiger partial charge in [0.05, 0.1) is 0 Å². The lowest BCUT2D eigenvalue weighted by Gasteiger charge is -2.18. The van der Waals surface area contributed by atoms with E-state index in [9.17, 15) is 14.4 Å². The van der Waals surface area contributed by atoms with Crippen LogP contribution in [0.4, 0.5) is 0 Å². The van der Waals surface area contributed by atoms with Crippen molar-refractivity contribution in [3.05, 3.63) is 60.8 Å². The van der Waals surface area contributed by atoms with Crippen molar-refractivity contribution in [1.29, 1.82) is 0 Å². The Kier molecular flexibility index (Phi) is 55.3. The quantitative estimate of drug-likeness (QED) is 0.0262. The number of hydrogen-bond donors (Lipinski definition) is 0. The first-order valence-corrected chi connectivity index (χ1v) is 29.8. The summed E-state index contributed by atoms with van der Waals surface area (Å²) in [7, 11) is 0. The second-order valence-electron chi connectivity index (χ2n) is 19.9. The van der Waals surface area contributed by atoms with Gasteiger partial charge in [0.15, 0.2) is 6.10 Å². The van der Waals surface area contributed by atoms with E-state index < -0.39 is 6.10 Å². The van der Waals surface area contributed by atoms with Gasteiger partial charge in [0.1, 0.15) is 13.2 Å². The molecule has 0 N–H and O–H groups in total. The van der Waals surface area contributed by atoms with Gasteiger partial charge in [0, 0.05) is 19.3 Å². The van der Waals surface area contributed by atoms with Gasteiger partial charge < -0.3 is 14.2 Å². The maximum atomic E-state index is 12.9. The minimum absolute atomic E-state index is 0.0833. The highest BCUT2D eigenvalue weighted by Crippen LogP contribution is 2.16. The SMILES string of the molecule is CCCCC/C=C\C/C=C\C/C=C\CCCCCCCCC(=O)OCC(COC(=O)CCCCCCC/C=C\C/C=C\CCCCC)OC(=O)CCCCCCCCCCCCCCCCCCC. The molecule has 0 amide bonds. The minimum atomic E-state index is -0.784. The van der Waals surface area contributed by atoms with Crippen molar-refractivity contribution in [2.24, 2.45) is 0 Å². The molecule has 6 nitrogen and oxygen atoms in total. The molecule has 6 heteroatoms. The zero-order valence-electron chi connectivity index (χ0n) is 45.8. The Balaban J connectivity index is 4.40. The van der Waals surface area contributed by atoms with E-state index >= 15 is 0 Å². The fourth-order valence-corrected chi connectivity index (χ4v) is 8.48. The first-order chi connectivity index (χ1) is 34.0. The van der Waals surface area contributed by atoms with Crippen LogP contribution in [0.25, 0.3) is 0 Å². The maximum absolute atomic E-state index is 12.9. The zero-order valence-corrected chi connectivity index (χ0v) is 45.8. The molecule has 0 aromatic heterocycles. The molecule has 1 unspecified atom stereocenters. The molecule has 0 aromatic carbocycles. The second-order valence-corrected chi connectivity index (χ2v) is 19.9. The molecule has 0 aliphatic rings. The van der Waals surface area contributed by atoms with Crippen molar-refractivity contribution in [3.63, 3.8) is 0 Å². The van der Waals surface area contributed by atoms with Crippen molar-refractivity contribution in [1.82, 2.24) is 0 Å². The van der Waals surface area contributed by atoms with Crippen LogP contribution in [0.1, 0.15) is 303 Å². The van der Waals surface area contributed by atoms with Crippen LogP contribution in [0.15, 0.2) is 60.8 Å². The van der Waals surface area contributed by atoms with Crippen molar-refractivity contribution in [2.45, 2.75) is 309 Å². The molecule has 0 aliphatic heterocycles. The highest BCUT2D eigenvalue weighted by molar-refractivity contribution is 5.71. The number of carbonyl (C=O) groups is 3. The number of ether oxygens (including phenoxy) is 3. The summed E-state index contributed by atoms with van der Waals surface area (Å²) < 4.78 is 16.9. The number of unbranched alkanes of at least 4 members (excludes halogenated alkanes) is 33. The molecule has 0 aliphatic carbocycles. The fraction of sp³-hybridized carbons (Fsp3) is 0.794. The summed E-state index contributed by atoms with van der Waals surface area (Å²) in [6, 6.07) is 0. The largest absolute Gasteiger partial charge is 0.462 e. The zero-order chi connectivity index (χ0) is 50.0. The van der Waals surface area contributed by atoms with Crippen molar-refractivity contribution >= 4 is 17.9 Å². The van der Waals surface area contributed by atoms with Crippen molar-refractivity contribution < 1.29 is 28.6 Å². The van der Waals surface area contributed by atoms with E-state index in [1.54, 1.807) is 0 Å². The Labute approximate surface area is 428 Å². The summed E-state index contributed by atoms with van der Waals surface area (Å²) in [6.45, 7) is 6.60. The Bertz CT molecular complexity index is 1250. The lowest BCUT2D eigenvalue weighted by molar-refractivity contribution is -0.167. The van der Waals surface area contributed by atoms with E-state index in [1.165, 1.54) is 167 Å². The van der Waals surface area contributed by atoms with Gasteiger partial charge in [-0.05, 0) is 89.9 Å². The lowest BCUT2D eigenvalue weighted by atomic mass is 10.0. The summed E-state index contributed by atoms with van der Waals surface area (Å²) in [6.07, 6.45) is 72.0. The van der Waals surface area contributed by atoms with Crippen LogP contribution in [-0.2, 0) is 28.6 Å². The first-order valence-electron chi connectivity index (χ1n) is 29.8. The number of esters is 3. The molecule has 0 heterocycles. The van der Waals surface area contributed by atoms with Gasteiger partial charge in [-0.25, -0.2) is 0 Å². The predicted octanol–water partition coefficient (Wildman–Crippen LogP) is 20.0. The molecular formula is C63H112O6. The van der Waals surface area contributed by atoms with Gasteiger partial charge in [-0.1, -0.05) is 255 Å². The highest BCUT2D eigenvalue weighted by Gasteiger charge is 2.19. The molecular weight excluding hydrogens is 853 g/mol. The Morgan fingerprint density at radius 3 is 0.841 bits per heavy atom. The standard InChI is InChI=1S/C63H112O6/c1-4-7-10-13-16-19-22-25-28-30-31-33-35-38-41-44-47-50-53-56-62(65)68-59-60(58-67-61(64)55-52-49-46-43-40-37-34-27-24-21-18-15-12-9-6-3)69-63(66)57-54-51-48-45-42-39-36-32-29-26-23-20-17-14-11-8-5-2/h16,18-19,21,25,27-28,31,33-34,60H,4-15,17,20,22-24,26,29-30,32,35-59H2,1-3H3/b19-16-,21-18-,28-25-,33-31-,34-27-. The van der Waals surface area contributed by atoms with Crippen LogP contribution >= 0.6 is 0 Å². The molecule has 0 bridgehead atoms. The minimum Gasteiger partial charge on any atom is -0.462 e. The molecule has 0 rings (SSSR count). The van der Waals surface area contributed by atoms with Crippen LogP contribution in [0.2, 0.25) is 0 Å². The molecule has 1 atom stereocenters. The van der Waals surface area contributed by atoms with Gasteiger partial charge in [-0.2, -0.15) is 0 Å². The second kappa shape index (κ2) is 57.7. The third-order valence-corrected chi connectivity index (χ3v) is 13.0. The van der Waals surface area contributed by atoms with Gasteiger partial charge in [-0.15, -0.1) is 0 Å². The van der Waals surface area contributed by atoms with Crippen LogP contribution < -0.4 is 0 Å². The van der Waals surface area contributed by atoms with Crippen LogP contribution in [-0.4, -0.2) is 37.2 Å². The monoisotopic (exact) mass is 965 g/mol. The molecule has 0 aromatic rings. The van der Waals surface area contributed by atoms with E-state index in [1.807, 2.05) is 0 Å². The Hall–Kier alpha value is -2.89. The van der Waals surface area contributed by atoms with E-state index in [2.05, 4.69) is 81.5 Å². The molecule has 0 saturated heterocycles. The Morgan fingerprint density at radius 2 is 0.522 bits per heavy atom. The third kappa shape index (κ3) is 55.9. The molecule has 0 fully saturated rings. The molecule has 400 valence electrons. The van der Waals surface area contributed by atoms with Gasteiger partial charge in [-0.3, -0.25) is 14.4 Å². The topological polar surface area (TPSA) is 78.9 Å². The van der Waals surface area contributed by atoms with Crippen LogP contribution in [0.5, 0.6) is 0 Å². The molecule has 0 saturated carbocycles. The third-order valence-electron chi connectivity index (χ3n) is 13.0. The fourth-order valence-electron chi connectivity index (χ4n) is 8.48. The molecule has 0 spiro atoms. The Morgan fingerprint density at radius 1 is 0.290 bits per heavy atom. The van der Waals surface area contributed by atoms with Crippen molar-refractivity contribution in [2.75, 3.05) is 13.2 Å². The summed E-state index contributed by atoms with van der Waals surface area (Å²) in [5.41, 5.74) is 0. The van der Waals surface area contributed by atoms with E-state index in [-0.39, 0.29) is 31.1 Å². The summed E-state index contributed by atoms with van der Waals surface area (Å²) in [4.78, 5) is 38.2. The van der Waals surface area contributed by atoms with Gasteiger partial charge in [0.25, 0.3) is 0 Å². The normalized spacial score (nSPS) is 12.4. The van der Waals surface area contributed by atoms with Gasteiger partial charge in [0.2, 0.25) is 0 Å². The number of allylic oxidation sites excluding steroid dienone is 10. The van der Waals surface area contributed by atoms with Crippen LogP contribution in [0.3, 0.4) is 0 Å². The molecule has 69 heavy (non-hydrogen) atoms. The smallest absolute Gasteiger partial charge is 0.306 e. The highest BCUT2D eigenvalue weighted by atomic mass is 16.6. The summed E-state index contributed by atoms with van der Waals surface area (Å²) in [5.74, 6) is -0.894. The molecule has 0 radical (unpaired) electrons. The first kappa shape index (κ1) is 66.1. The van der Waals surface area contributed by atoms with E-state index in [4.69, 9.17) is 14.2 Å². The average molecular weight is 966 g/mol. The van der Waals surface area contributed by atoms with Crippen LogP contribution in [0, 0.1) is 0 Å². The predicted molar refractivity (Wildman–Crippen MR) is 298 cm³/mol. The average Bonchev–Trinajstić information content (AvgIpc) is 3.35. The van der Waals surface area contributed by atoms with Crippen molar-refractivity contribution in [3.8, 4) is 0 Å². The van der Waals surface area contributed by atoms with E-state index in [0.29, 0.717) is 19.3 Å². The van der Waals surface area contributed by atoms with Gasteiger partial charge >= 0.3 is 17.9 Å². The number of hydrogen-bond acceptors (Lipinski definition) is 6. The van der Waals surface area contributed by atoms with E-state index in [0.717, 1.165) is 96.3 Å². The maximum Gasteiger partial charge on any atom is 0.306 e. The lowest BCUT2D eigenvalue weighted by Crippen LogP contribution is -2.30. The summed E-state index contributed by atoms with van der Waals surface area (Å²) >= 11 is 0. The summed E-state index contributed by atoms with van der Waals surface area (Å²) in [5, 5.41) is 0.